The lowest BCUT2D eigenvalue weighted by Crippen LogP contribution is -2.29. The minimum atomic E-state index is -0.999. The smallest absolute Gasteiger partial charge is 0.131 e. The fourth-order valence-electron chi connectivity index (χ4n) is 1.84. The van der Waals surface area contributed by atoms with Crippen LogP contribution >= 0.6 is 9.24 Å². The second kappa shape index (κ2) is 1.71. The standard InChI is InChI=1S/C6H12FN2P/c7-6(10)3-5(6)1-2-9(8)4-5/h1-4,8,10H2. The Balaban J connectivity index is 2.09. The number of nitrogens with two attached hydrogens (primary N) is 1. The van der Waals surface area contributed by atoms with Crippen molar-refractivity contribution in [2.75, 3.05) is 13.1 Å². The van der Waals surface area contributed by atoms with E-state index >= 15 is 0 Å². The average Bonchev–Trinajstić information content (AvgIpc) is 2.20. The van der Waals surface area contributed by atoms with Crippen molar-refractivity contribution in [2.45, 2.75) is 18.3 Å². The van der Waals surface area contributed by atoms with Crippen LogP contribution in [0.2, 0.25) is 0 Å². The first kappa shape index (κ1) is 6.96. The second-order valence-electron chi connectivity index (χ2n) is 3.54. The van der Waals surface area contributed by atoms with Crippen molar-refractivity contribution in [1.29, 1.82) is 0 Å². The fourth-order valence-corrected chi connectivity index (χ4v) is 2.46. The quantitative estimate of drug-likeness (QED) is 0.415. The van der Waals surface area contributed by atoms with Gasteiger partial charge in [-0.25, -0.2) is 9.40 Å². The van der Waals surface area contributed by atoms with E-state index in [1.807, 2.05) is 0 Å². The fraction of sp³-hybridized carbons (Fsp3) is 1.00. The monoisotopic (exact) mass is 162 g/mol. The van der Waals surface area contributed by atoms with Gasteiger partial charge in [-0.05, 0) is 12.8 Å². The molecule has 2 aliphatic rings. The van der Waals surface area contributed by atoms with E-state index in [9.17, 15) is 4.39 Å². The normalized spacial score (nSPS) is 54.3. The van der Waals surface area contributed by atoms with E-state index in [-0.39, 0.29) is 5.41 Å². The Hall–Kier alpha value is 0.280. The van der Waals surface area contributed by atoms with Gasteiger partial charge in [-0.2, -0.15) is 0 Å². The molecule has 1 heterocycles. The van der Waals surface area contributed by atoms with Crippen LogP contribution < -0.4 is 5.84 Å². The lowest BCUT2D eigenvalue weighted by atomic mass is 10.1. The third-order valence-electron chi connectivity index (χ3n) is 2.74. The molecular formula is C6H12FN2P. The maximum Gasteiger partial charge on any atom is 0.131 e. The highest BCUT2D eigenvalue weighted by Crippen LogP contribution is 2.67. The van der Waals surface area contributed by atoms with Crippen molar-refractivity contribution < 1.29 is 4.39 Å². The summed E-state index contributed by atoms with van der Waals surface area (Å²) in [4.78, 5) is 0. The Morgan fingerprint density at radius 2 is 2.20 bits per heavy atom. The molecule has 0 aromatic heterocycles. The van der Waals surface area contributed by atoms with Gasteiger partial charge in [0.25, 0.3) is 0 Å². The molecule has 4 heteroatoms. The summed E-state index contributed by atoms with van der Waals surface area (Å²) in [5, 5.41) is 0.715. The molecule has 2 nitrogen and oxygen atoms in total. The Kier molecular flexibility index (Phi) is 1.19. The summed E-state index contributed by atoms with van der Waals surface area (Å²) in [6.45, 7) is 1.58. The molecule has 58 valence electrons. The van der Waals surface area contributed by atoms with Gasteiger partial charge in [0.2, 0.25) is 0 Å². The highest BCUT2D eigenvalue weighted by Gasteiger charge is 2.67. The van der Waals surface area contributed by atoms with Gasteiger partial charge in [0, 0.05) is 18.5 Å². The molecule has 1 spiro atoms. The van der Waals surface area contributed by atoms with Crippen molar-refractivity contribution >= 4 is 9.24 Å². The summed E-state index contributed by atoms with van der Waals surface area (Å²) in [6.07, 6.45) is 1.60. The molecule has 0 amide bonds. The van der Waals surface area contributed by atoms with Crippen LogP contribution in [-0.4, -0.2) is 23.5 Å². The second-order valence-corrected chi connectivity index (χ2v) is 4.46. The zero-order valence-electron chi connectivity index (χ0n) is 5.81. The van der Waals surface area contributed by atoms with E-state index in [1.54, 1.807) is 5.01 Å². The van der Waals surface area contributed by atoms with Crippen LogP contribution in [0.25, 0.3) is 0 Å². The molecule has 0 radical (unpaired) electrons. The molecule has 0 aromatic carbocycles. The van der Waals surface area contributed by atoms with Gasteiger partial charge in [0.1, 0.15) is 5.41 Å². The highest BCUT2D eigenvalue weighted by molar-refractivity contribution is 7.19. The minimum Gasteiger partial charge on any atom is -0.269 e. The predicted molar refractivity (Wildman–Crippen MR) is 41.0 cm³/mol. The molecule has 2 rings (SSSR count). The molecule has 1 saturated carbocycles. The van der Waals surface area contributed by atoms with Crippen LogP contribution in [0.5, 0.6) is 0 Å². The van der Waals surface area contributed by atoms with Crippen molar-refractivity contribution in [3.63, 3.8) is 0 Å². The summed E-state index contributed by atoms with van der Waals surface area (Å²) in [5.74, 6) is 5.53. The number of alkyl halides is 1. The van der Waals surface area contributed by atoms with Gasteiger partial charge >= 0.3 is 0 Å². The van der Waals surface area contributed by atoms with E-state index in [4.69, 9.17) is 5.84 Å². The molecule has 3 unspecified atom stereocenters. The third kappa shape index (κ3) is 0.744. The predicted octanol–water partition coefficient (Wildman–Crippen LogP) is 0.497. The molecule has 3 atom stereocenters. The van der Waals surface area contributed by atoms with Crippen molar-refractivity contribution in [2.24, 2.45) is 11.3 Å². The van der Waals surface area contributed by atoms with Crippen molar-refractivity contribution in [1.82, 2.24) is 5.01 Å². The number of hydrazine groups is 1. The first-order chi connectivity index (χ1) is 4.56. The van der Waals surface area contributed by atoms with E-state index in [0.717, 1.165) is 19.5 Å². The maximum absolute atomic E-state index is 13.2. The summed E-state index contributed by atoms with van der Waals surface area (Å²) < 4.78 is 13.2. The van der Waals surface area contributed by atoms with Crippen molar-refractivity contribution in [3.05, 3.63) is 0 Å². The molecule has 2 N–H and O–H groups in total. The molecule has 1 saturated heterocycles. The van der Waals surface area contributed by atoms with Crippen LogP contribution in [0.3, 0.4) is 0 Å². The van der Waals surface area contributed by atoms with Gasteiger partial charge in [0.05, 0.1) is 0 Å². The molecule has 10 heavy (non-hydrogen) atoms. The van der Waals surface area contributed by atoms with Gasteiger partial charge in [-0.3, -0.25) is 5.84 Å². The zero-order valence-corrected chi connectivity index (χ0v) is 6.96. The Morgan fingerprint density at radius 3 is 2.40 bits per heavy atom. The molecule has 1 aliphatic heterocycles. The summed E-state index contributed by atoms with van der Waals surface area (Å²) in [6, 6.07) is 0. The topological polar surface area (TPSA) is 29.3 Å². The summed E-state index contributed by atoms with van der Waals surface area (Å²) >= 11 is 0. The number of halogens is 1. The first-order valence-electron chi connectivity index (χ1n) is 3.53. The van der Waals surface area contributed by atoms with E-state index in [2.05, 4.69) is 9.24 Å². The number of nitrogens with zero attached hydrogens (tertiary/aromatic N) is 1. The summed E-state index contributed by atoms with van der Waals surface area (Å²) in [5.41, 5.74) is -0.0909. The van der Waals surface area contributed by atoms with Gasteiger partial charge < -0.3 is 0 Å². The zero-order chi connectivity index (χ0) is 7.41. The lowest BCUT2D eigenvalue weighted by molar-refractivity contribution is 0.292. The largest absolute Gasteiger partial charge is 0.269 e. The van der Waals surface area contributed by atoms with Crippen LogP contribution in [0, 0.1) is 5.41 Å². The van der Waals surface area contributed by atoms with E-state index in [0.29, 0.717) is 6.42 Å². The van der Waals surface area contributed by atoms with Gasteiger partial charge in [0.15, 0.2) is 0 Å². The van der Waals surface area contributed by atoms with Crippen LogP contribution in [0.15, 0.2) is 0 Å². The first-order valence-corrected chi connectivity index (χ1v) is 4.11. The molecule has 0 aromatic rings. The molecular weight excluding hydrogens is 150 g/mol. The molecule has 0 bridgehead atoms. The number of rotatable bonds is 0. The third-order valence-corrected chi connectivity index (χ3v) is 3.55. The Labute approximate surface area is 62.1 Å². The Morgan fingerprint density at radius 1 is 1.60 bits per heavy atom. The highest BCUT2D eigenvalue weighted by atomic mass is 31.0. The van der Waals surface area contributed by atoms with Gasteiger partial charge in [-0.1, -0.05) is 9.24 Å². The summed E-state index contributed by atoms with van der Waals surface area (Å²) in [7, 11) is 2.29. The maximum atomic E-state index is 13.2. The molecule has 2 fully saturated rings. The van der Waals surface area contributed by atoms with Crippen LogP contribution in [0.1, 0.15) is 12.8 Å². The Bertz CT molecular complexity index is 173. The van der Waals surface area contributed by atoms with Gasteiger partial charge in [-0.15, -0.1) is 0 Å². The van der Waals surface area contributed by atoms with Crippen molar-refractivity contribution in [3.8, 4) is 0 Å². The number of hydrogen-bond acceptors (Lipinski definition) is 2. The number of hydrogen-bond donors (Lipinski definition) is 1. The lowest BCUT2D eigenvalue weighted by Gasteiger charge is -2.09. The van der Waals surface area contributed by atoms with Crippen LogP contribution in [-0.2, 0) is 0 Å². The van der Waals surface area contributed by atoms with E-state index in [1.165, 1.54) is 0 Å². The molecule has 1 aliphatic carbocycles. The van der Waals surface area contributed by atoms with E-state index < -0.39 is 5.41 Å². The average molecular weight is 162 g/mol. The SMILES string of the molecule is NN1CCC2(C1)CC2(F)P. The van der Waals surface area contributed by atoms with Crippen LogP contribution in [0.4, 0.5) is 4.39 Å². The minimum absolute atomic E-state index is 0.0909.